The highest BCUT2D eigenvalue weighted by Crippen LogP contribution is 2.35. The zero-order valence-electron chi connectivity index (χ0n) is 18.5. The number of thiophene rings is 1. The number of nitrogens with one attached hydrogen (secondary N) is 1. The summed E-state index contributed by atoms with van der Waals surface area (Å²) >= 11 is 1.66. The van der Waals surface area contributed by atoms with Gasteiger partial charge in [-0.1, -0.05) is 0 Å². The Balaban J connectivity index is 1.31. The van der Waals surface area contributed by atoms with Crippen molar-refractivity contribution in [1.82, 2.24) is 15.3 Å². The molecular formula is C21H28N4O5S2. The van der Waals surface area contributed by atoms with Gasteiger partial charge in [0.2, 0.25) is 0 Å². The third-order valence-corrected chi connectivity index (χ3v) is 9.20. The van der Waals surface area contributed by atoms with Gasteiger partial charge < -0.3 is 15.0 Å². The quantitative estimate of drug-likeness (QED) is 0.643. The van der Waals surface area contributed by atoms with Gasteiger partial charge >= 0.3 is 5.97 Å². The number of hydrogen-bond donors (Lipinski definition) is 1. The largest absolute Gasteiger partial charge is 0.452 e. The maximum Gasteiger partial charge on any atom is 0.309 e. The molecule has 0 aliphatic carbocycles. The lowest BCUT2D eigenvalue weighted by Gasteiger charge is -2.32. The van der Waals surface area contributed by atoms with Crippen molar-refractivity contribution in [3.8, 4) is 0 Å². The van der Waals surface area contributed by atoms with Gasteiger partial charge in [0, 0.05) is 24.0 Å². The fourth-order valence-electron chi connectivity index (χ4n) is 4.28. The first-order valence-corrected chi connectivity index (χ1v) is 13.5. The molecule has 0 bridgehead atoms. The molecule has 1 amide bonds. The molecule has 2 saturated heterocycles. The molecule has 0 spiro atoms. The van der Waals surface area contributed by atoms with Gasteiger partial charge in [-0.25, -0.2) is 18.4 Å². The number of aryl methyl sites for hydroxylation is 2. The summed E-state index contributed by atoms with van der Waals surface area (Å²) in [4.78, 5) is 38.2. The summed E-state index contributed by atoms with van der Waals surface area (Å²) in [7, 11) is -3.09. The van der Waals surface area contributed by atoms with Gasteiger partial charge in [0.05, 0.1) is 22.8 Å². The summed E-state index contributed by atoms with van der Waals surface area (Å²) in [5.74, 6) is -0.198. The van der Waals surface area contributed by atoms with Gasteiger partial charge in [-0.3, -0.25) is 9.59 Å². The van der Waals surface area contributed by atoms with Crippen LogP contribution in [0.15, 0.2) is 6.33 Å². The summed E-state index contributed by atoms with van der Waals surface area (Å²) in [6, 6.07) is -0.411. The molecule has 0 radical (unpaired) electrons. The van der Waals surface area contributed by atoms with Crippen LogP contribution in [0.25, 0.3) is 10.2 Å². The normalized spacial score (nSPS) is 22.1. The van der Waals surface area contributed by atoms with Crippen molar-refractivity contribution in [2.24, 2.45) is 5.92 Å². The molecule has 2 atom stereocenters. The minimum absolute atomic E-state index is 0.0582. The van der Waals surface area contributed by atoms with Crippen LogP contribution in [0.2, 0.25) is 0 Å². The Kier molecular flexibility index (Phi) is 6.39. The Hall–Kier alpha value is -2.27. The molecular weight excluding hydrogens is 452 g/mol. The fraction of sp³-hybridized carbons (Fsp3) is 0.619. The number of anilines is 1. The summed E-state index contributed by atoms with van der Waals surface area (Å²) in [6.45, 7) is 7.02. The highest BCUT2D eigenvalue weighted by molar-refractivity contribution is 7.91. The molecule has 9 nitrogen and oxygen atoms in total. The van der Waals surface area contributed by atoms with Crippen LogP contribution in [0.4, 0.5) is 5.82 Å². The predicted molar refractivity (Wildman–Crippen MR) is 123 cm³/mol. The number of esters is 1. The molecule has 0 aromatic carbocycles. The maximum atomic E-state index is 12.6. The SMILES string of the molecule is Cc1sc2ncnc(N3CCC(C(=O)O[C@H](C)C(=O)N[C@H]4CCS(=O)(=O)C4)CC3)c2c1C. The van der Waals surface area contributed by atoms with E-state index < -0.39 is 27.9 Å². The minimum atomic E-state index is -3.09. The van der Waals surface area contributed by atoms with E-state index in [9.17, 15) is 18.0 Å². The summed E-state index contributed by atoms with van der Waals surface area (Å²) in [6.07, 6.45) is 2.25. The number of rotatable bonds is 5. The fourth-order valence-corrected chi connectivity index (χ4v) is 6.95. The number of hydrogen-bond acceptors (Lipinski definition) is 9. The van der Waals surface area contributed by atoms with Crippen molar-refractivity contribution in [3.05, 3.63) is 16.8 Å². The van der Waals surface area contributed by atoms with E-state index in [0.29, 0.717) is 32.4 Å². The Morgan fingerprint density at radius 3 is 2.59 bits per heavy atom. The first kappa shape index (κ1) is 22.9. The molecule has 32 heavy (non-hydrogen) atoms. The van der Waals surface area contributed by atoms with Gasteiger partial charge in [0.25, 0.3) is 5.91 Å². The molecule has 2 aliphatic heterocycles. The third kappa shape index (κ3) is 4.73. The average Bonchev–Trinajstić information content (AvgIpc) is 3.25. The summed E-state index contributed by atoms with van der Waals surface area (Å²) in [5, 5.41) is 3.76. The molecule has 174 valence electrons. The highest BCUT2D eigenvalue weighted by atomic mass is 32.2. The molecule has 11 heteroatoms. The molecule has 4 heterocycles. The molecule has 4 rings (SSSR count). The molecule has 2 aromatic rings. The van der Waals surface area contributed by atoms with Crippen molar-refractivity contribution < 1.29 is 22.7 Å². The Morgan fingerprint density at radius 1 is 1.22 bits per heavy atom. The monoisotopic (exact) mass is 480 g/mol. The van der Waals surface area contributed by atoms with Crippen LogP contribution in [-0.2, 0) is 24.2 Å². The highest BCUT2D eigenvalue weighted by Gasteiger charge is 2.33. The minimum Gasteiger partial charge on any atom is -0.452 e. The van der Waals surface area contributed by atoms with E-state index in [1.807, 2.05) is 0 Å². The lowest BCUT2D eigenvalue weighted by atomic mass is 9.96. The second-order valence-corrected chi connectivity index (χ2v) is 12.0. The van der Waals surface area contributed by atoms with Crippen LogP contribution in [0.5, 0.6) is 0 Å². The molecule has 0 unspecified atom stereocenters. The lowest BCUT2D eigenvalue weighted by Crippen LogP contribution is -2.44. The van der Waals surface area contributed by atoms with Crippen molar-refractivity contribution in [3.63, 3.8) is 0 Å². The first-order valence-electron chi connectivity index (χ1n) is 10.8. The molecule has 0 saturated carbocycles. The van der Waals surface area contributed by atoms with Crippen LogP contribution in [-0.4, -0.2) is 67.0 Å². The van der Waals surface area contributed by atoms with Crippen molar-refractivity contribution in [1.29, 1.82) is 0 Å². The molecule has 1 N–H and O–H groups in total. The van der Waals surface area contributed by atoms with Crippen molar-refractivity contribution >= 4 is 49.1 Å². The number of ether oxygens (including phenoxy) is 1. The zero-order valence-corrected chi connectivity index (χ0v) is 20.1. The van der Waals surface area contributed by atoms with Crippen LogP contribution in [0.1, 0.15) is 36.6 Å². The second kappa shape index (κ2) is 8.93. The van der Waals surface area contributed by atoms with Crippen LogP contribution < -0.4 is 10.2 Å². The number of carbonyl (C=O) groups excluding carboxylic acids is 2. The van der Waals surface area contributed by atoms with Crippen LogP contribution in [0.3, 0.4) is 0 Å². The second-order valence-electron chi connectivity index (χ2n) is 8.61. The maximum absolute atomic E-state index is 12.6. The zero-order chi connectivity index (χ0) is 23.0. The average molecular weight is 481 g/mol. The van der Waals surface area contributed by atoms with Crippen LogP contribution >= 0.6 is 11.3 Å². The first-order chi connectivity index (χ1) is 15.1. The molecule has 2 fully saturated rings. The Labute approximate surface area is 191 Å². The van der Waals surface area contributed by atoms with Gasteiger partial charge in [-0.15, -0.1) is 11.3 Å². The number of piperidine rings is 1. The van der Waals surface area contributed by atoms with Crippen molar-refractivity contribution in [2.45, 2.75) is 52.2 Å². The van der Waals surface area contributed by atoms with Gasteiger partial charge in [0.1, 0.15) is 17.0 Å². The van der Waals surface area contributed by atoms with Gasteiger partial charge in [-0.2, -0.15) is 0 Å². The lowest BCUT2D eigenvalue weighted by molar-refractivity contribution is -0.159. The van der Waals surface area contributed by atoms with E-state index >= 15 is 0 Å². The Bertz CT molecular complexity index is 1140. The number of fused-ring (bicyclic) bond motifs is 1. The number of nitrogens with zero attached hydrogens (tertiary/aromatic N) is 3. The standard InChI is InChI=1S/C21H28N4O5S2/c1-12-14(3)31-20-17(12)18(22-11-23-20)25-7-4-15(5-8-25)21(27)30-13(2)19(26)24-16-6-9-32(28,29)10-16/h11,13,15-16H,4-10H2,1-3H3,(H,24,26)/t13-,16+/m1/s1. The topological polar surface area (TPSA) is 119 Å². The third-order valence-electron chi connectivity index (χ3n) is 6.31. The van der Waals surface area contributed by atoms with E-state index in [-0.39, 0.29) is 23.4 Å². The Morgan fingerprint density at radius 2 is 1.94 bits per heavy atom. The van der Waals surface area contributed by atoms with E-state index in [1.54, 1.807) is 17.7 Å². The smallest absolute Gasteiger partial charge is 0.309 e. The van der Waals surface area contributed by atoms with Crippen LogP contribution in [0, 0.1) is 19.8 Å². The number of sulfone groups is 1. The summed E-state index contributed by atoms with van der Waals surface area (Å²) < 4.78 is 28.5. The van der Waals surface area contributed by atoms with Gasteiger partial charge in [-0.05, 0) is 45.6 Å². The molecule has 2 aliphatic rings. The van der Waals surface area contributed by atoms with E-state index in [0.717, 1.165) is 16.0 Å². The summed E-state index contributed by atoms with van der Waals surface area (Å²) in [5.41, 5.74) is 1.19. The number of amides is 1. The number of carbonyl (C=O) groups is 2. The molecule has 2 aromatic heterocycles. The van der Waals surface area contributed by atoms with E-state index in [1.165, 1.54) is 17.4 Å². The van der Waals surface area contributed by atoms with Crippen molar-refractivity contribution in [2.75, 3.05) is 29.5 Å². The van der Waals surface area contributed by atoms with Gasteiger partial charge in [0.15, 0.2) is 15.9 Å². The number of aromatic nitrogens is 2. The van der Waals surface area contributed by atoms with E-state index in [2.05, 4.69) is 34.0 Å². The predicted octanol–water partition coefficient (Wildman–Crippen LogP) is 1.76. The van der Waals surface area contributed by atoms with E-state index in [4.69, 9.17) is 4.74 Å².